The highest BCUT2D eigenvalue weighted by molar-refractivity contribution is 6.14. The van der Waals surface area contributed by atoms with Crippen molar-refractivity contribution in [2.75, 3.05) is 30.5 Å². The Morgan fingerprint density at radius 2 is 1.41 bits per heavy atom. The summed E-state index contributed by atoms with van der Waals surface area (Å²) in [5.74, 6) is -1.49. The number of aliphatic hydroxyl groups excluding tert-OH is 1. The van der Waals surface area contributed by atoms with Crippen LogP contribution in [0.3, 0.4) is 0 Å². The molecule has 20 heteroatoms. The molecule has 318 valence electrons. The van der Waals surface area contributed by atoms with Gasteiger partial charge < -0.3 is 34.9 Å². The van der Waals surface area contributed by atoms with Crippen molar-refractivity contribution in [3.05, 3.63) is 88.2 Å². The summed E-state index contributed by atoms with van der Waals surface area (Å²) in [5, 5.41) is 24.5. The number of carbonyl (C=O) groups excluding carboxylic acids is 4. The molecule has 7 rings (SSSR count). The van der Waals surface area contributed by atoms with Crippen LogP contribution in [0.5, 0.6) is 5.75 Å². The lowest BCUT2D eigenvalue weighted by Crippen LogP contribution is -2.20. The number of nitrogens with two attached hydrogens (primary N) is 2. The Morgan fingerprint density at radius 3 is 1.97 bits per heavy atom. The first-order valence-electron chi connectivity index (χ1n) is 19.5. The Labute approximate surface area is 347 Å². The van der Waals surface area contributed by atoms with E-state index in [9.17, 15) is 28.7 Å². The summed E-state index contributed by atoms with van der Waals surface area (Å²) >= 11 is 0. The van der Waals surface area contributed by atoms with Crippen molar-refractivity contribution in [2.45, 2.75) is 66.7 Å². The third-order valence-electron chi connectivity index (χ3n) is 9.74. The van der Waals surface area contributed by atoms with Crippen molar-refractivity contribution < 1.29 is 37.8 Å². The number of fused-ring (bicyclic) bond motifs is 4. The van der Waals surface area contributed by atoms with Crippen LogP contribution in [0.25, 0.3) is 33.0 Å². The highest BCUT2D eigenvalue weighted by Crippen LogP contribution is 2.34. The van der Waals surface area contributed by atoms with E-state index in [-0.39, 0.29) is 78.4 Å². The second kappa shape index (κ2) is 17.5. The second-order valence-electron chi connectivity index (χ2n) is 14.3. The van der Waals surface area contributed by atoms with E-state index < -0.39 is 30.3 Å². The van der Waals surface area contributed by atoms with Crippen molar-refractivity contribution in [3.63, 3.8) is 0 Å². The summed E-state index contributed by atoms with van der Waals surface area (Å²) in [7, 11) is 0. The maximum absolute atomic E-state index is 13.8. The number of amides is 4. The third kappa shape index (κ3) is 8.42. The van der Waals surface area contributed by atoms with Gasteiger partial charge in [0.05, 0.1) is 46.7 Å². The predicted molar refractivity (Wildman–Crippen MR) is 223 cm³/mol. The molecule has 7 N–H and O–H groups in total. The fourth-order valence-corrected chi connectivity index (χ4v) is 7.19. The topological polar surface area (TPSA) is 258 Å². The quantitative estimate of drug-likeness (QED) is 0.0592. The van der Waals surface area contributed by atoms with Crippen LogP contribution in [-0.2, 0) is 26.2 Å². The van der Waals surface area contributed by atoms with Crippen molar-refractivity contribution in [2.24, 2.45) is 11.5 Å². The molecule has 7 aromatic rings. The van der Waals surface area contributed by atoms with Crippen LogP contribution in [0.15, 0.2) is 53.0 Å². The molecule has 0 saturated carbocycles. The highest BCUT2D eigenvalue weighted by Gasteiger charge is 2.25. The number of benzene rings is 2. The summed E-state index contributed by atoms with van der Waals surface area (Å²) in [5.41, 5.74) is 15.2. The Balaban J connectivity index is 1.31. The van der Waals surface area contributed by atoms with E-state index in [1.165, 1.54) is 28.9 Å². The zero-order valence-corrected chi connectivity index (χ0v) is 34.0. The molecule has 0 atom stereocenters. The highest BCUT2D eigenvalue weighted by atomic mass is 19.1. The number of rotatable bonds is 18. The number of aliphatic hydroxyl groups is 1. The van der Waals surface area contributed by atoms with Crippen molar-refractivity contribution >= 4 is 68.6 Å². The lowest BCUT2D eigenvalue weighted by molar-refractivity contribution is 0.0992. The number of nitrogens with zero attached hydrogens (tertiary/aromatic N) is 8. The first-order chi connectivity index (χ1) is 29.3. The van der Waals surface area contributed by atoms with Gasteiger partial charge in [-0.15, -0.1) is 0 Å². The predicted octanol–water partition coefficient (Wildman–Crippen LogP) is 4.55. The standard InChI is InChI=1S/C41H45FN12O7/c1-5-10-53-30(16-22(2)49-53)38(58)47-40-46-29-21-27(37(44)57)35-26(18-24(4)61-35)33(29)51(40)11-6-7-12-52-34-28(19-25(36(43)56)20-32(34)60-15-8-14-55)45-41(52)48-39(59)31-17-23(3)50-54(31)13-9-42/h6-7,16-21,55H,5,8-15H2,1-4H3,(H2,43,56)(H2,44,57)(H,45,48,59)(H,46,47,58)/b7-6+. The monoisotopic (exact) mass is 836 g/mol. The zero-order chi connectivity index (χ0) is 43.5. The molecule has 0 radical (unpaired) electrons. The van der Waals surface area contributed by atoms with E-state index in [2.05, 4.69) is 25.8 Å². The maximum atomic E-state index is 13.8. The molecule has 5 heterocycles. The van der Waals surface area contributed by atoms with Gasteiger partial charge in [-0.1, -0.05) is 19.1 Å². The van der Waals surface area contributed by atoms with Crippen LogP contribution in [0.4, 0.5) is 16.3 Å². The second-order valence-corrected chi connectivity index (χ2v) is 14.3. The van der Waals surface area contributed by atoms with Crippen LogP contribution < -0.4 is 26.8 Å². The minimum Gasteiger partial charge on any atom is -0.491 e. The molecule has 19 nitrogen and oxygen atoms in total. The van der Waals surface area contributed by atoms with Gasteiger partial charge in [-0.25, -0.2) is 14.4 Å². The van der Waals surface area contributed by atoms with Crippen LogP contribution in [0.1, 0.15) is 78.6 Å². The lowest BCUT2D eigenvalue weighted by atomic mass is 10.1. The average Bonchev–Trinajstić information content (AvgIpc) is 4.03. The van der Waals surface area contributed by atoms with Gasteiger partial charge in [-0.3, -0.25) is 39.2 Å². The molecule has 2 aromatic carbocycles. The number of nitrogens with one attached hydrogen (secondary N) is 2. The number of carbonyl (C=O) groups is 4. The molecule has 0 aliphatic carbocycles. The van der Waals surface area contributed by atoms with Crippen molar-refractivity contribution in [3.8, 4) is 5.75 Å². The van der Waals surface area contributed by atoms with Gasteiger partial charge in [0.1, 0.15) is 40.7 Å². The largest absolute Gasteiger partial charge is 0.491 e. The number of allylic oxidation sites excluding steroid dienone is 2. The van der Waals surface area contributed by atoms with Gasteiger partial charge in [0, 0.05) is 43.6 Å². The number of hydrogen-bond acceptors (Lipinski definition) is 11. The number of aromatic nitrogens is 8. The Bertz CT molecular complexity index is 2860. The summed E-state index contributed by atoms with van der Waals surface area (Å²) in [6.07, 6.45) is 4.65. The minimum atomic E-state index is -0.742. The molecule has 0 unspecified atom stereocenters. The third-order valence-corrected chi connectivity index (χ3v) is 9.74. The van der Waals surface area contributed by atoms with Crippen LogP contribution in [0.2, 0.25) is 0 Å². The lowest BCUT2D eigenvalue weighted by Gasteiger charge is -2.13. The summed E-state index contributed by atoms with van der Waals surface area (Å²) in [6, 6.07) is 9.45. The number of ether oxygens (including phenoxy) is 1. The summed E-state index contributed by atoms with van der Waals surface area (Å²) < 4.78 is 31.7. The minimum absolute atomic E-state index is 0.0681. The number of furan rings is 1. The van der Waals surface area contributed by atoms with E-state index >= 15 is 0 Å². The van der Waals surface area contributed by atoms with Crippen LogP contribution >= 0.6 is 0 Å². The van der Waals surface area contributed by atoms with E-state index in [4.69, 9.17) is 25.6 Å². The summed E-state index contributed by atoms with van der Waals surface area (Å²) in [6.45, 7) is 7.03. The molecule has 0 saturated heterocycles. The molecule has 0 spiro atoms. The molecule has 5 aromatic heterocycles. The average molecular weight is 837 g/mol. The number of alkyl halides is 1. The molecule has 0 aliphatic rings. The number of hydrogen-bond donors (Lipinski definition) is 5. The zero-order valence-electron chi connectivity index (χ0n) is 34.0. The smallest absolute Gasteiger partial charge is 0.276 e. The van der Waals surface area contributed by atoms with E-state index in [0.29, 0.717) is 57.7 Å². The number of primary amides is 2. The number of halogens is 1. The SMILES string of the molecule is CCCn1nc(C)cc1C(=O)Nc1nc2cc(C(N)=O)c3oc(C)cc3c2n1C/C=C/Cn1c(NC(=O)c2cc(C)nn2CCF)nc2cc(C(N)=O)cc(OCCCO)c21. The van der Waals surface area contributed by atoms with E-state index in [1.54, 1.807) is 52.8 Å². The van der Waals surface area contributed by atoms with Gasteiger partial charge in [0.2, 0.25) is 17.8 Å². The first kappa shape index (κ1) is 41.8. The van der Waals surface area contributed by atoms with Gasteiger partial charge in [0.15, 0.2) is 0 Å². The van der Waals surface area contributed by atoms with Crippen LogP contribution in [0, 0.1) is 20.8 Å². The molecule has 61 heavy (non-hydrogen) atoms. The molecular formula is C41H45FN12O7. The van der Waals surface area contributed by atoms with Crippen molar-refractivity contribution in [1.29, 1.82) is 0 Å². The molecule has 0 bridgehead atoms. The van der Waals surface area contributed by atoms with Gasteiger partial charge in [0.25, 0.3) is 17.7 Å². The first-order valence-corrected chi connectivity index (χ1v) is 19.5. The van der Waals surface area contributed by atoms with Gasteiger partial charge in [-0.2, -0.15) is 10.2 Å². The Morgan fingerprint density at radius 1 is 0.820 bits per heavy atom. The molecule has 0 fully saturated rings. The number of aryl methyl sites for hydroxylation is 5. The molecule has 4 amide bonds. The van der Waals surface area contributed by atoms with E-state index in [0.717, 1.165) is 6.42 Å². The van der Waals surface area contributed by atoms with E-state index in [1.807, 2.05) is 13.0 Å². The number of anilines is 2. The Hall–Kier alpha value is -7.35. The molecule has 0 aliphatic heterocycles. The number of imidazole rings is 2. The Kier molecular flexibility index (Phi) is 12.0. The fourth-order valence-electron chi connectivity index (χ4n) is 7.19. The van der Waals surface area contributed by atoms with Crippen LogP contribution in [-0.4, -0.2) is 87.3 Å². The van der Waals surface area contributed by atoms with Crippen molar-refractivity contribution in [1.82, 2.24) is 38.7 Å². The maximum Gasteiger partial charge on any atom is 0.276 e. The molecular weight excluding hydrogens is 792 g/mol. The van der Waals surface area contributed by atoms with Gasteiger partial charge >= 0.3 is 0 Å². The summed E-state index contributed by atoms with van der Waals surface area (Å²) in [4.78, 5) is 61.9. The fraction of sp³-hybridized carbons (Fsp3) is 0.317. The normalized spacial score (nSPS) is 11.7. The van der Waals surface area contributed by atoms with Gasteiger partial charge in [-0.05, 0) is 63.6 Å².